The average Bonchev–Trinajstić information content (AvgIpc) is 2.52. The van der Waals surface area contributed by atoms with Crippen molar-refractivity contribution < 1.29 is 4.74 Å². The molecule has 0 aliphatic carbocycles. The number of rotatable bonds is 7. The molecule has 0 saturated heterocycles. The van der Waals surface area contributed by atoms with E-state index in [-0.39, 0.29) is 6.04 Å². The van der Waals surface area contributed by atoms with Crippen LogP contribution in [0.5, 0.6) is 0 Å². The van der Waals surface area contributed by atoms with Crippen molar-refractivity contribution in [2.45, 2.75) is 25.9 Å². The Labute approximate surface area is 128 Å². The molecule has 1 N–H and O–H groups in total. The summed E-state index contributed by atoms with van der Waals surface area (Å²) in [7, 11) is 1.75. The van der Waals surface area contributed by atoms with Gasteiger partial charge in [0, 0.05) is 13.2 Å². The van der Waals surface area contributed by atoms with E-state index in [9.17, 15) is 0 Å². The van der Waals surface area contributed by atoms with E-state index in [1.165, 1.54) is 11.1 Å². The fourth-order valence-electron chi connectivity index (χ4n) is 2.64. The lowest BCUT2D eigenvalue weighted by Gasteiger charge is -2.29. The van der Waals surface area contributed by atoms with Gasteiger partial charge in [0.25, 0.3) is 0 Å². The molecule has 0 heterocycles. The van der Waals surface area contributed by atoms with E-state index in [2.05, 4.69) is 73.8 Å². The summed E-state index contributed by atoms with van der Waals surface area (Å²) in [6.45, 7) is 5.17. The Kier molecular flexibility index (Phi) is 5.97. The smallest absolute Gasteiger partial charge is 0.0657 e. The van der Waals surface area contributed by atoms with Crippen LogP contribution >= 0.6 is 0 Å². The second kappa shape index (κ2) is 7.96. The summed E-state index contributed by atoms with van der Waals surface area (Å²) in [6.07, 6.45) is 0. The standard InChI is InChI=1S/C19H25NO/c1-15(2)19(17-12-8-5-9-13-17)20-18(14-21-3)16-10-6-4-7-11-16/h4-13,15,18-20H,14H2,1-3H3/t18-,19+/m0/s1. The summed E-state index contributed by atoms with van der Waals surface area (Å²) in [6, 6.07) is 21.6. The van der Waals surface area contributed by atoms with Crippen LogP contribution in [-0.2, 0) is 4.74 Å². The van der Waals surface area contributed by atoms with E-state index < -0.39 is 0 Å². The molecule has 0 aliphatic heterocycles. The maximum atomic E-state index is 5.41. The maximum absolute atomic E-state index is 5.41. The molecule has 21 heavy (non-hydrogen) atoms. The average molecular weight is 283 g/mol. The molecule has 112 valence electrons. The third-order valence-electron chi connectivity index (χ3n) is 3.74. The van der Waals surface area contributed by atoms with Gasteiger partial charge in [0.15, 0.2) is 0 Å². The minimum atomic E-state index is 0.198. The Bertz CT molecular complexity index is 510. The first-order chi connectivity index (χ1) is 10.2. The highest BCUT2D eigenvalue weighted by Crippen LogP contribution is 2.26. The normalized spacial score (nSPS) is 14.1. The number of methoxy groups -OCH3 is 1. The summed E-state index contributed by atoms with van der Waals surface area (Å²) < 4.78 is 5.41. The van der Waals surface area contributed by atoms with Crippen molar-refractivity contribution in [3.05, 3.63) is 71.8 Å². The lowest BCUT2D eigenvalue weighted by Crippen LogP contribution is -2.32. The molecule has 0 radical (unpaired) electrons. The molecule has 0 fully saturated rings. The number of ether oxygens (including phenoxy) is 1. The monoisotopic (exact) mass is 283 g/mol. The summed E-state index contributed by atoms with van der Waals surface area (Å²) >= 11 is 0. The largest absolute Gasteiger partial charge is 0.383 e. The van der Waals surface area contributed by atoms with Crippen LogP contribution in [0.3, 0.4) is 0 Å². The van der Waals surface area contributed by atoms with Crippen LogP contribution in [0.1, 0.15) is 37.1 Å². The minimum absolute atomic E-state index is 0.198. The molecular weight excluding hydrogens is 258 g/mol. The highest BCUT2D eigenvalue weighted by molar-refractivity contribution is 5.23. The third kappa shape index (κ3) is 4.42. The number of nitrogens with one attached hydrogen (secondary N) is 1. The molecule has 0 saturated carbocycles. The summed E-state index contributed by atoms with van der Waals surface area (Å²) in [5, 5.41) is 3.76. The zero-order valence-electron chi connectivity index (χ0n) is 13.1. The molecule has 2 aromatic carbocycles. The first kappa shape index (κ1) is 15.7. The van der Waals surface area contributed by atoms with Gasteiger partial charge < -0.3 is 10.1 Å². The minimum Gasteiger partial charge on any atom is -0.383 e. The molecule has 0 spiro atoms. The van der Waals surface area contributed by atoms with E-state index in [1.807, 2.05) is 6.07 Å². The molecule has 2 atom stereocenters. The molecule has 0 unspecified atom stereocenters. The van der Waals surface area contributed by atoms with Gasteiger partial charge in [-0.05, 0) is 17.0 Å². The van der Waals surface area contributed by atoms with E-state index in [0.717, 1.165) is 0 Å². The van der Waals surface area contributed by atoms with Crippen molar-refractivity contribution in [1.29, 1.82) is 0 Å². The van der Waals surface area contributed by atoms with Crippen LogP contribution in [0.15, 0.2) is 60.7 Å². The highest BCUT2D eigenvalue weighted by Gasteiger charge is 2.20. The predicted octanol–water partition coefficient (Wildman–Crippen LogP) is 4.36. The second-order valence-electron chi connectivity index (χ2n) is 5.72. The van der Waals surface area contributed by atoms with E-state index in [4.69, 9.17) is 4.74 Å². The van der Waals surface area contributed by atoms with E-state index in [0.29, 0.717) is 18.6 Å². The van der Waals surface area contributed by atoms with Gasteiger partial charge in [0.2, 0.25) is 0 Å². The molecule has 2 heteroatoms. The van der Waals surface area contributed by atoms with Crippen molar-refractivity contribution in [2.24, 2.45) is 5.92 Å². The van der Waals surface area contributed by atoms with E-state index in [1.54, 1.807) is 7.11 Å². The van der Waals surface area contributed by atoms with Gasteiger partial charge in [-0.1, -0.05) is 74.5 Å². The van der Waals surface area contributed by atoms with Gasteiger partial charge in [-0.3, -0.25) is 0 Å². The van der Waals surface area contributed by atoms with Gasteiger partial charge in [-0.15, -0.1) is 0 Å². The van der Waals surface area contributed by atoms with Crippen LogP contribution in [0, 0.1) is 5.92 Å². The van der Waals surface area contributed by atoms with Crippen LogP contribution in [0.25, 0.3) is 0 Å². The first-order valence-electron chi connectivity index (χ1n) is 7.57. The quantitative estimate of drug-likeness (QED) is 0.815. The Morgan fingerprint density at radius 1 is 0.857 bits per heavy atom. The van der Waals surface area contributed by atoms with Crippen molar-refractivity contribution in [1.82, 2.24) is 5.32 Å². The number of benzene rings is 2. The summed E-state index contributed by atoms with van der Waals surface area (Å²) in [5.74, 6) is 0.510. The molecule has 0 amide bonds. The van der Waals surface area contributed by atoms with Gasteiger partial charge >= 0.3 is 0 Å². The van der Waals surface area contributed by atoms with Crippen LogP contribution in [-0.4, -0.2) is 13.7 Å². The predicted molar refractivity (Wildman–Crippen MR) is 88.2 cm³/mol. The first-order valence-corrected chi connectivity index (χ1v) is 7.57. The Balaban J connectivity index is 2.21. The maximum Gasteiger partial charge on any atom is 0.0657 e. The molecule has 0 aliphatic rings. The summed E-state index contributed by atoms with van der Waals surface area (Å²) in [5.41, 5.74) is 2.59. The molecule has 2 rings (SSSR count). The Hall–Kier alpha value is -1.64. The van der Waals surface area contributed by atoms with Crippen molar-refractivity contribution in [2.75, 3.05) is 13.7 Å². The van der Waals surface area contributed by atoms with Gasteiger partial charge in [0.1, 0.15) is 0 Å². The number of hydrogen-bond acceptors (Lipinski definition) is 2. The van der Waals surface area contributed by atoms with Crippen LogP contribution in [0.4, 0.5) is 0 Å². The molecule has 2 aromatic rings. The van der Waals surface area contributed by atoms with Crippen LogP contribution in [0.2, 0.25) is 0 Å². The second-order valence-corrected chi connectivity index (χ2v) is 5.72. The van der Waals surface area contributed by atoms with E-state index >= 15 is 0 Å². The topological polar surface area (TPSA) is 21.3 Å². The molecule has 0 aromatic heterocycles. The lowest BCUT2D eigenvalue weighted by atomic mass is 9.94. The zero-order valence-corrected chi connectivity index (χ0v) is 13.1. The van der Waals surface area contributed by atoms with Gasteiger partial charge in [-0.2, -0.15) is 0 Å². The fraction of sp³-hybridized carbons (Fsp3) is 0.368. The van der Waals surface area contributed by atoms with Crippen molar-refractivity contribution in [3.63, 3.8) is 0 Å². The molecular formula is C19H25NO. The van der Waals surface area contributed by atoms with Crippen molar-refractivity contribution in [3.8, 4) is 0 Å². The van der Waals surface area contributed by atoms with Crippen LogP contribution < -0.4 is 5.32 Å². The molecule has 2 nitrogen and oxygen atoms in total. The highest BCUT2D eigenvalue weighted by atomic mass is 16.5. The van der Waals surface area contributed by atoms with Gasteiger partial charge in [0.05, 0.1) is 12.6 Å². The fourth-order valence-corrected chi connectivity index (χ4v) is 2.64. The third-order valence-corrected chi connectivity index (χ3v) is 3.74. The molecule has 0 bridgehead atoms. The van der Waals surface area contributed by atoms with Crippen molar-refractivity contribution >= 4 is 0 Å². The SMILES string of the molecule is COC[C@H](N[C@@H](c1ccccc1)C(C)C)c1ccccc1. The number of hydrogen-bond donors (Lipinski definition) is 1. The Morgan fingerprint density at radius 2 is 1.38 bits per heavy atom. The zero-order chi connectivity index (χ0) is 15.1. The Morgan fingerprint density at radius 3 is 1.86 bits per heavy atom. The van der Waals surface area contributed by atoms with Gasteiger partial charge in [-0.25, -0.2) is 0 Å². The summed E-state index contributed by atoms with van der Waals surface area (Å²) in [4.78, 5) is 0. The lowest BCUT2D eigenvalue weighted by molar-refractivity contribution is 0.156.